The van der Waals surface area contributed by atoms with Gasteiger partial charge in [-0.3, -0.25) is 0 Å². The van der Waals surface area contributed by atoms with Crippen LogP contribution >= 0.6 is 0 Å². The smallest absolute Gasteiger partial charge is 0.343 e. The molecule has 3 unspecified atom stereocenters. The summed E-state index contributed by atoms with van der Waals surface area (Å²) in [5.41, 5.74) is 4.77. The topological polar surface area (TPSA) is 87.9 Å². The van der Waals surface area contributed by atoms with Gasteiger partial charge < -0.3 is 14.3 Å². The van der Waals surface area contributed by atoms with E-state index in [9.17, 15) is 14.9 Å². The van der Waals surface area contributed by atoms with Gasteiger partial charge >= 0.3 is 5.97 Å². The minimum absolute atomic E-state index is 0.166. The van der Waals surface area contributed by atoms with Crippen molar-refractivity contribution in [2.45, 2.75) is 138 Å². The van der Waals surface area contributed by atoms with E-state index in [4.69, 9.17) is 9.47 Å². The van der Waals surface area contributed by atoms with Crippen molar-refractivity contribution in [3.63, 3.8) is 0 Å². The largest absolute Gasteiger partial charge is 0.487 e. The number of hydrogen-bond donors (Lipinski definition) is 0. The third-order valence-electron chi connectivity index (χ3n) is 9.56. The van der Waals surface area contributed by atoms with Crippen LogP contribution in [0.2, 0.25) is 0 Å². The molecule has 1 aliphatic rings. The lowest BCUT2D eigenvalue weighted by Crippen LogP contribution is -2.37. The van der Waals surface area contributed by atoms with Gasteiger partial charge in [-0.05, 0) is 106 Å². The number of carbonyl (C=O) groups is 1. The molecule has 2 aromatic carbocycles. The van der Waals surface area contributed by atoms with E-state index in [1.807, 2.05) is 20.8 Å². The molecule has 1 heterocycles. The first-order valence-corrected chi connectivity index (χ1v) is 16.7. The second kappa shape index (κ2) is 16.3. The maximum Gasteiger partial charge on any atom is 0.343 e. The standard InChI is InChI=1S/C37H55NO6/c1-25(2)12-9-13-26(3)14-10-15-27(4)16-11-22-37(8)23-21-33-30(7)34(28(5)29(6)35(33)44-37)43-36(39)32-19-17-31(18-20-32)24-42-38(40)41/h17-20,25-27H,9-16,21-24H2,1-8H3. The highest BCUT2D eigenvalue weighted by Crippen LogP contribution is 2.45. The molecule has 0 amide bonds. The number of rotatable bonds is 17. The lowest BCUT2D eigenvalue weighted by atomic mass is 9.83. The van der Waals surface area contributed by atoms with Gasteiger partial charge in [-0.2, -0.15) is 0 Å². The van der Waals surface area contributed by atoms with Gasteiger partial charge in [0.1, 0.15) is 23.7 Å². The lowest BCUT2D eigenvalue weighted by molar-refractivity contribution is -0.763. The Morgan fingerprint density at radius 1 is 0.909 bits per heavy atom. The Bertz CT molecular complexity index is 1250. The molecule has 1 aliphatic heterocycles. The first-order chi connectivity index (χ1) is 20.8. The Balaban J connectivity index is 1.54. The maximum absolute atomic E-state index is 13.0. The van der Waals surface area contributed by atoms with Crippen molar-refractivity contribution in [1.82, 2.24) is 0 Å². The summed E-state index contributed by atoms with van der Waals surface area (Å²) in [6.45, 7) is 17.6. The van der Waals surface area contributed by atoms with E-state index in [2.05, 4.69) is 39.5 Å². The predicted molar refractivity (Wildman–Crippen MR) is 176 cm³/mol. The van der Waals surface area contributed by atoms with Crippen LogP contribution in [0, 0.1) is 48.6 Å². The summed E-state index contributed by atoms with van der Waals surface area (Å²) in [5, 5.41) is 9.60. The Kier molecular flexibility index (Phi) is 13.1. The van der Waals surface area contributed by atoms with E-state index in [0.717, 1.165) is 65.0 Å². The Morgan fingerprint density at radius 2 is 1.50 bits per heavy atom. The molecule has 0 spiro atoms. The minimum atomic E-state index is -0.835. The second-order valence-corrected chi connectivity index (χ2v) is 14.0. The van der Waals surface area contributed by atoms with Gasteiger partial charge in [0, 0.05) is 5.56 Å². The molecule has 244 valence electrons. The fourth-order valence-electron chi connectivity index (χ4n) is 6.43. The molecule has 44 heavy (non-hydrogen) atoms. The summed E-state index contributed by atoms with van der Waals surface area (Å²) in [4.78, 5) is 27.9. The SMILES string of the molecule is Cc1c(C)c2c(c(C)c1OC(=O)c1ccc(CO[N+](=O)[O-])cc1)CCC(C)(CCCC(C)CCCC(C)CCCC(C)C)O2. The molecule has 7 nitrogen and oxygen atoms in total. The molecular formula is C37H55NO6. The van der Waals surface area contributed by atoms with Gasteiger partial charge in [-0.25, -0.2) is 4.79 Å². The summed E-state index contributed by atoms with van der Waals surface area (Å²) >= 11 is 0. The number of esters is 1. The number of ether oxygens (including phenoxy) is 2. The van der Waals surface area contributed by atoms with Gasteiger partial charge in [-0.1, -0.05) is 84.8 Å². The number of hydrogen-bond acceptors (Lipinski definition) is 6. The van der Waals surface area contributed by atoms with E-state index < -0.39 is 11.1 Å². The number of fused-ring (bicyclic) bond motifs is 1. The quantitative estimate of drug-likeness (QED) is 0.0767. The fraction of sp³-hybridized carbons (Fsp3) is 0.649. The third kappa shape index (κ3) is 10.2. The average Bonchev–Trinajstić information content (AvgIpc) is 2.97. The molecule has 0 N–H and O–H groups in total. The van der Waals surface area contributed by atoms with E-state index >= 15 is 0 Å². The summed E-state index contributed by atoms with van der Waals surface area (Å²) in [6, 6.07) is 6.46. The summed E-state index contributed by atoms with van der Waals surface area (Å²) in [7, 11) is 0. The van der Waals surface area contributed by atoms with Crippen LogP contribution in [0.3, 0.4) is 0 Å². The van der Waals surface area contributed by atoms with Crippen LogP contribution in [0.25, 0.3) is 0 Å². The molecule has 0 radical (unpaired) electrons. The summed E-state index contributed by atoms with van der Waals surface area (Å²) in [5.74, 6) is 3.46. The Labute approximate surface area is 265 Å². The van der Waals surface area contributed by atoms with E-state index in [1.165, 1.54) is 51.4 Å². The number of nitrogens with zero attached hydrogens (tertiary/aromatic N) is 1. The fourth-order valence-corrected chi connectivity index (χ4v) is 6.43. The highest BCUT2D eigenvalue weighted by molar-refractivity contribution is 5.91. The molecule has 7 heteroatoms. The van der Waals surface area contributed by atoms with Gasteiger partial charge in [-0.15, -0.1) is 10.1 Å². The molecule has 0 bridgehead atoms. The normalized spacial score (nSPS) is 17.5. The van der Waals surface area contributed by atoms with E-state index in [-0.39, 0.29) is 12.2 Å². The lowest BCUT2D eigenvalue weighted by Gasteiger charge is -2.38. The highest BCUT2D eigenvalue weighted by Gasteiger charge is 2.35. The molecule has 0 saturated heterocycles. The van der Waals surface area contributed by atoms with Gasteiger partial charge in [0.15, 0.2) is 0 Å². The van der Waals surface area contributed by atoms with Gasteiger partial charge in [0.05, 0.1) is 5.56 Å². The molecule has 3 rings (SSSR count). The third-order valence-corrected chi connectivity index (χ3v) is 9.56. The number of carbonyl (C=O) groups excluding carboxylic acids is 1. The summed E-state index contributed by atoms with van der Waals surface area (Å²) < 4.78 is 12.7. The predicted octanol–water partition coefficient (Wildman–Crippen LogP) is 10.1. The van der Waals surface area contributed by atoms with Crippen LogP contribution in [0.4, 0.5) is 0 Å². The van der Waals surface area contributed by atoms with Crippen molar-refractivity contribution in [2.24, 2.45) is 17.8 Å². The van der Waals surface area contributed by atoms with Crippen LogP contribution in [0.15, 0.2) is 24.3 Å². The van der Waals surface area contributed by atoms with E-state index in [1.54, 1.807) is 24.3 Å². The molecule has 2 aromatic rings. The molecular weight excluding hydrogens is 554 g/mol. The molecule has 0 aromatic heterocycles. The van der Waals surface area contributed by atoms with Crippen molar-refractivity contribution in [1.29, 1.82) is 0 Å². The van der Waals surface area contributed by atoms with Crippen LogP contribution in [0.1, 0.15) is 137 Å². The Hall–Kier alpha value is -3.09. The molecule has 0 aliphatic carbocycles. The first-order valence-electron chi connectivity index (χ1n) is 16.7. The van der Waals surface area contributed by atoms with Crippen LogP contribution < -0.4 is 9.47 Å². The van der Waals surface area contributed by atoms with Crippen molar-refractivity contribution < 1.29 is 24.2 Å². The molecule has 0 fully saturated rings. The van der Waals surface area contributed by atoms with Crippen LogP contribution in [0.5, 0.6) is 11.5 Å². The zero-order valence-electron chi connectivity index (χ0n) is 28.4. The average molecular weight is 610 g/mol. The molecule has 0 saturated carbocycles. The summed E-state index contributed by atoms with van der Waals surface area (Å²) in [6.07, 6.45) is 13.4. The van der Waals surface area contributed by atoms with Crippen LogP contribution in [-0.4, -0.2) is 16.7 Å². The van der Waals surface area contributed by atoms with Gasteiger partial charge in [0.25, 0.3) is 5.09 Å². The maximum atomic E-state index is 13.0. The van der Waals surface area contributed by atoms with Crippen molar-refractivity contribution in [3.8, 4) is 11.5 Å². The van der Waals surface area contributed by atoms with Crippen LogP contribution in [-0.2, 0) is 17.9 Å². The zero-order chi connectivity index (χ0) is 32.4. The second-order valence-electron chi connectivity index (χ2n) is 14.0. The minimum Gasteiger partial charge on any atom is -0.487 e. The van der Waals surface area contributed by atoms with Crippen molar-refractivity contribution in [3.05, 3.63) is 67.8 Å². The highest BCUT2D eigenvalue weighted by atomic mass is 16.9. The monoisotopic (exact) mass is 609 g/mol. The van der Waals surface area contributed by atoms with E-state index in [0.29, 0.717) is 16.9 Å². The number of benzene rings is 2. The zero-order valence-corrected chi connectivity index (χ0v) is 28.4. The van der Waals surface area contributed by atoms with Gasteiger partial charge in [0.2, 0.25) is 0 Å². The Morgan fingerprint density at radius 3 is 2.09 bits per heavy atom. The van der Waals surface area contributed by atoms with Crippen molar-refractivity contribution >= 4 is 5.97 Å². The van der Waals surface area contributed by atoms with Crippen molar-refractivity contribution in [2.75, 3.05) is 0 Å². The molecule has 3 atom stereocenters. The first kappa shape index (κ1) is 35.4.